The number of carbonyl (C=O) groups is 2. The topological polar surface area (TPSA) is 103 Å². The number of carbonyl (C=O) groups excluding carboxylic acids is 1. The standard InChI is InChI=1S/C22H20FN3O4S.C2H6/c23-17-9-13(24-22(30)26-6-5-14(27)10-26)3-4-15(17)20-25-19-16(11-1-2-11)7-12(21(28)29)8-18(19)31-20;1-2/h3-4,7-9,11,14,27H,1-2,5-6,10H2,(H,24,30)(H,28,29);1-2H3. The molecular formula is C24H26FN3O4S. The number of aliphatic hydroxyl groups is 1. The van der Waals surface area contributed by atoms with Crippen LogP contribution in [0.5, 0.6) is 0 Å². The van der Waals surface area contributed by atoms with Crippen molar-refractivity contribution < 1.29 is 24.2 Å². The third-order valence-electron chi connectivity index (χ3n) is 5.69. The number of halogens is 1. The summed E-state index contributed by atoms with van der Waals surface area (Å²) in [5, 5.41) is 22.1. The predicted molar refractivity (Wildman–Crippen MR) is 127 cm³/mol. The van der Waals surface area contributed by atoms with Crippen molar-refractivity contribution in [3.63, 3.8) is 0 Å². The molecule has 2 amide bonds. The van der Waals surface area contributed by atoms with Crippen LogP contribution in [0, 0.1) is 5.82 Å². The SMILES string of the molecule is CC.O=C(O)c1cc(C2CC2)c2nc(-c3ccc(NC(=O)N4CCC(O)C4)cc3F)sc2c1. The molecule has 0 bridgehead atoms. The van der Waals surface area contributed by atoms with Crippen molar-refractivity contribution in [1.82, 2.24) is 9.88 Å². The van der Waals surface area contributed by atoms with Crippen LogP contribution in [0.3, 0.4) is 0 Å². The molecule has 1 aliphatic carbocycles. The maximum absolute atomic E-state index is 14.9. The number of hydrogen-bond donors (Lipinski definition) is 3. The van der Waals surface area contributed by atoms with Gasteiger partial charge in [-0.15, -0.1) is 11.3 Å². The Morgan fingerprint density at radius 1 is 1.18 bits per heavy atom. The summed E-state index contributed by atoms with van der Waals surface area (Å²) in [4.78, 5) is 29.9. The molecule has 2 fully saturated rings. The van der Waals surface area contributed by atoms with Crippen LogP contribution < -0.4 is 5.32 Å². The lowest BCUT2D eigenvalue weighted by Gasteiger charge is -2.16. The summed E-state index contributed by atoms with van der Waals surface area (Å²) in [5.74, 6) is -1.21. The number of carboxylic acids is 1. The molecule has 2 aliphatic rings. The van der Waals surface area contributed by atoms with Crippen molar-refractivity contribution in [2.75, 3.05) is 18.4 Å². The van der Waals surface area contributed by atoms with Gasteiger partial charge in [0.05, 0.1) is 21.9 Å². The molecule has 2 aromatic carbocycles. The quantitative estimate of drug-likeness (QED) is 0.479. The number of thiazole rings is 1. The molecule has 1 atom stereocenters. The van der Waals surface area contributed by atoms with Gasteiger partial charge in [-0.05, 0) is 61.1 Å². The molecule has 1 saturated carbocycles. The molecule has 3 aromatic rings. The number of likely N-dealkylation sites (tertiary alicyclic amines) is 1. The molecule has 3 N–H and O–H groups in total. The number of anilines is 1. The Hall–Kier alpha value is -3.04. The first kappa shape index (κ1) is 23.1. The molecule has 7 nitrogen and oxygen atoms in total. The number of nitrogens with one attached hydrogen (secondary N) is 1. The Kier molecular flexibility index (Phi) is 6.62. The van der Waals surface area contributed by atoms with Crippen LogP contribution in [0.1, 0.15) is 54.9 Å². The number of hydrogen-bond acceptors (Lipinski definition) is 5. The fraction of sp³-hybridized carbons (Fsp3) is 0.375. The first-order valence-electron chi connectivity index (χ1n) is 11.1. The largest absolute Gasteiger partial charge is 0.478 e. The summed E-state index contributed by atoms with van der Waals surface area (Å²) in [7, 11) is 0. The second-order valence-electron chi connectivity index (χ2n) is 8.02. The van der Waals surface area contributed by atoms with Crippen LogP contribution in [0.15, 0.2) is 30.3 Å². The first-order chi connectivity index (χ1) is 15.9. The highest BCUT2D eigenvalue weighted by atomic mass is 32.1. The molecule has 174 valence electrons. The van der Waals surface area contributed by atoms with Crippen molar-refractivity contribution in [2.24, 2.45) is 0 Å². The van der Waals surface area contributed by atoms with Gasteiger partial charge in [0.2, 0.25) is 0 Å². The molecule has 5 rings (SSSR count). The molecule has 1 saturated heterocycles. The summed E-state index contributed by atoms with van der Waals surface area (Å²) < 4.78 is 15.6. The summed E-state index contributed by atoms with van der Waals surface area (Å²) in [5.41, 5.74) is 2.48. The van der Waals surface area contributed by atoms with Gasteiger partial charge in [0.1, 0.15) is 10.8 Å². The number of carboxylic acid groups (broad SMARTS) is 1. The first-order valence-corrected chi connectivity index (χ1v) is 11.9. The van der Waals surface area contributed by atoms with E-state index in [0.717, 1.165) is 28.6 Å². The van der Waals surface area contributed by atoms with Gasteiger partial charge in [-0.1, -0.05) is 13.8 Å². The van der Waals surface area contributed by atoms with Gasteiger partial charge in [-0.3, -0.25) is 0 Å². The van der Waals surface area contributed by atoms with E-state index in [0.29, 0.717) is 35.1 Å². The van der Waals surface area contributed by atoms with Gasteiger partial charge < -0.3 is 20.4 Å². The highest BCUT2D eigenvalue weighted by Crippen LogP contribution is 2.45. The van der Waals surface area contributed by atoms with E-state index < -0.39 is 17.9 Å². The van der Waals surface area contributed by atoms with Crippen LogP contribution >= 0.6 is 11.3 Å². The van der Waals surface area contributed by atoms with E-state index in [1.54, 1.807) is 24.3 Å². The zero-order valence-corrected chi connectivity index (χ0v) is 19.3. The minimum Gasteiger partial charge on any atom is -0.478 e. The fourth-order valence-corrected chi connectivity index (χ4v) is 4.96. The van der Waals surface area contributed by atoms with E-state index >= 15 is 0 Å². The van der Waals surface area contributed by atoms with Crippen molar-refractivity contribution in [2.45, 2.75) is 45.1 Å². The number of rotatable bonds is 4. The number of aromatic carboxylic acids is 1. The van der Waals surface area contributed by atoms with E-state index in [1.165, 1.54) is 22.3 Å². The molecular weight excluding hydrogens is 445 g/mol. The molecule has 2 heterocycles. The van der Waals surface area contributed by atoms with E-state index in [9.17, 15) is 24.2 Å². The Morgan fingerprint density at radius 3 is 2.55 bits per heavy atom. The third-order valence-corrected chi connectivity index (χ3v) is 6.73. The zero-order chi connectivity index (χ0) is 23.7. The Balaban J connectivity index is 0.00000126. The highest BCUT2D eigenvalue weighted by molar-refractivity contribution is 7.21. The normalized spacial score (nSPS) is 17.6. The maximum atomic E-state index is 14.9. The smallest absolute Gasteiger partial charge is 0.335 e. The molecule has 1 aromatic heterocycles. The van der Waals surface area contributed by atoms with Crippen molar-refractivity contribution in [3.8, 4) is 10.6 Å². The van der Waals surface area contributed by atoms with Gasteiger partial charge in [0, 0.05) is 24.3 Å². The van der Waals surface area contributed by atoms with Crippen molar-refractivity contribution >= 4 is 39.2 Å². The van der Waals surface area contributed by atoms with E-state index in [1.807, 2.05) is 13.8 Å². The van der Waals surface area contributed by atoms with Crippen molar-refractivity contribution in [3.05, 3.63) is 47.3 Å². The Bertz CT molecular complexity index is 1210. The number of aromatic nitrogens is 1. The van der Waals surface area contributed by atoms with Crippen LogP contribution in [0.4, 0.5) is 14.9 Å². The van der Waals surface area contributed by atoms with Gasteiger partial charge in [-0.2, -0.15) is 0 Å². The van der Waals surface area contributed by atoms with Gasteiger partial charge in [0.25, 0.3) is 0 Å². The maximum Gasteiger partial charge on any atom is 0.335 e. The van der Waals surface area contributed by atoms with Gasteiger partial charge in [-0.25, -0.2) is 19.0 Å². The summed E-state index contributed by atoms with van der Waals surface area (Å²) in [6.45, 7) is 4.72. The number of β-amino-alcohol motifs (C(OH)–C–C–N with tert-alkyl or cyclic N) is 1. The lowest BCUT2D eigenvalue weighted by Crippen LogP contribution is -2.33. The van der Waals surface area contributed by atoms with E-state index in [4.69, 9.17) is 0 Å². The van der Waals surface area contributed by atoms with Gasteiger partial charge in [0.15, 0.2) is 0 Å². The monoisotopic (exact) mass is 471 g/mol. The zero-order valence-electron chi connectivity index (χ0n) is 18.5. The average Bonchev–Trinajstić information content (AvgIpc) is 3.40. The van der Waals surface area contributed by atoms with Crippen LogP contribution in [-0.2, 0) is 0 Å². The Labute approximate surface area is 194 Å². The molecule has 0 radical (unpaired) electrons. The second kappa shape index (κ2) is 9.44. The molecule has 0 spiro atoms. The second-order valence-corrected chi connectivity index (χ2v) is 9.05. The molecule has 9 heteroatoms. The van der Waals surface area contributed by atoms with Crippen LogP contribution in [0.25, 0.3) is 20.8 Å². The molecule has 1 unspecified atom stereocenters. The minimum absolute atomic E-state index is 0.218. The summed E-state index contributed by atoms with van der Waals surface area (Å²) in [6.07, 6.45) is 2.01. The number of nitrogens with zero attached hydrogens (tertiary/aromatic N) is 2. The number of urea groups is 1. The fourth-order valence-electron chi connectivity index (χ4n) is 3.89. The molecule has 33 heavy (non-hydrogen) atoms. The predicted octanol–water partition coefficient (Wildman–Crippen LogP) is 5.30. The number of fused-ring (bicyclic) bond motifs is 1. The summed E-state index contributed by atoms with van der Waals surface area (Å²) >= 11 is 1.26. The Morgan fingerprint density at radius 2 is 1.94 bits per heavy atom. The highest BCUT2D eigenvalue weighted by Gasteiger charge is 2.29. The average molecular weight is 472 g/mol. The lowest BCUT2D eigenvalue weighted by atomic mass is 10.1. The molecule has 1 aliphatic heterocycles. The minimum atomic E-state index is -0.990. The van der Waals surface area contributed by atoms with Gasteiger partial charge >= 0.3 is 12.0 Å². The lowest BCUT2D eigenvalue weighted by molar-refractivity contribution is 0.0697. The van der Waals surface area contributed by atoms with Crippen molar-refractivity contribution in [1.29, 1.82) is 0 Å². The third kappa shape index (κ3) is 4.84. The van der Waals surface area contributed by atoms with Crippen LogP contribution in [-0.4, -0.2) is 51.3 Å². The van der Waals surface area contributed by atoms with Crippen LogP contribution in [0.2, 0.25) is 0 Å². The van der Waals surface area contributed by atoms with E-state index in [2.05, 4.69) is 10.3 Å². The van der Waals surface area contributed by atoms with E-state index in [-0.39, 0.29) is 18.1 Å². The number of benzene rings is 2. The summed E-state index contributed by atoms with van der Waals surface area (Å²) in [6, 6.07) is 7.31. The number of aliphatic hydroxyl groups excluding tert-OH is 1. The number of amides is 2.